The second kappa shape index (κ2) is 6.05. The number of hydrogen-bond donors (Lipinski definition) is 1. The first-order chi connectivity index (χ1) is 8.91. The highest BCUT2D eigenvalue weighted by Crippen LogP contribution is 2.23. The van der Waals surface area contributed by atoms with Crippen molar-refractivity contribution in [3.05, 3.63) is 0 Å². The summed E-state index contributed by atoms with van der Waals surface area (Å²) < 4.78 is 36.2. The lowest BCUT2D eigenvalue weighted by atomic mass is 9.95. The number of likely N-dealkylation sites (N-methyl/N-ethyl adjacent to an activating group) is 1. The third kappa shape index (κ3) is 4.13. The van der Waals surface area contributed by atoms with Gasteiger partial charge >= 0.3 is 0 Å². The minimum absolute atomic E-state index is 0.0100. The molecule has 0 radical (unpaired) electrons. The molecule has 2 aliphatic heterocycles. The van der Waals surface area contributed by atoms with Crippen molar-refractivity contribution in [3.63, 3.8) is 0 Å². The Bertz CT molecular complexity index is 385. The van der Waals surface area contributed by atoms with Gasteiger partial charge in [-0.15, -0.1) is 0 Å². The van der Waals surface area contributed by atoms with Gasteiger partial charge in [0.05, 0.1) is 17.5 Å². The summed E-state index contributed by atoms with van der Waals surface area (Å²) in [7, 11) is -1.85. The van der Waals surface area contributed by atoms with Crippen LogP contribution in [-0.2, 0) is 19.5 Å². The Labute approximate surface area is 114 Å². The molecule has 19 heavy (non-hydrogen) atoms. The molecule has 2 saturated heterocycles. The van der Waals surface area contributed by atoms with Gasteiger partial charge in [-0.25, -0.2) is 12.7 Å². The van der Waals surface area contributed by atoms with Crippen LogP contribution < -0.4 is 0 Å². The maximum absolute atomic E-state index is 12.2. The SMILES string of the molecule is CN(CC1(O)CCOCC1)S(=O)(=O)CC1CCCO1. The van der Waals surface area contributed by atoms with Gasteiger partial charge in [-0.2, -0.15) is 0 Å². The van der Waals surface area contributed by atoms with Crippen LogP contribution in [-0.4, -0.2) is 68.7 Å². The molecule has 1 unspecified atom stereocenters. The molecule has 0 aromatic carbocycles. The predicted molar refractivity (Wildman–Crippen MR) is 70.4 cm³/mol. The zero-order valence-electron chi connectivity index (χ0n) is 11.4. The zero-order valence-corrected chi connectivity index (χ0v) is 12.2. The van der Waals surface area contributed by atoms with E-state index in [1.807, 2.05) is 0 Å². The van der Waals surface area contributed by atoms with Crippen LogP contribution in [0.4, 0.5) is 0 Å². The first-order valence-corrected chi connectivity index (χ1v) is 8.38. The Hall–Kier alpha value is -0.210. The highest BCUT2D eigenvalue weighted by atomic mass is 32.2. The molecule has 0 saturated carbocycles. The number of ether oxygens (including phenoxy) is 2. The van der Waals surface area contributed by atoms with E-state index in [4.69, 9.17) is 9.47 Å². The molecule has 7 heteroatoms. The van der Waals surface area contributed by atoms with Crippen LogP contribution in [0.25, 0.3) is 0 Å². The van der Waals surface area contributed by atoms with Gasteiger partial charge < -0.3 is 14.6 Å². The average Bonchev–Trinajstić information content (AvgIpc) is 2.81. The van der Waals surface area contributed by atoms with E-state index in [1.165, 1.54) is 11.4 Å². The van der Waals surface area contributed by atoms with Crippen molar-refractivity contribution in [2.45, 2.75) is 37.4 Å². The lowest BCUT2D eigenvalue weighted by Crippen LogP contribution is -2.48. The van der Waals surface area contributed by atoms with E-state index in [-0.39, 0.29) is 18.4 Å². The molecule has 1 atom stereocenters. The van der Waals surface area contributed by atoms with E-state index in [0.29, 0.717) is 32.7 Å². The van der Waals surface area contributed by atoms with Crippen LogP contribution in [0.2, 0.25) is 0 Å². The molecule has 2 aliphatic rings. The van der Waals surface area contributed by atoms with Crippen molar-refractivity contribution in [1.82, 2.24) is 4.31 Å². The molecule has 6 nitrogen and oxygen atoms in total. The molecule has 0 bridgehead atoms. The predicted octanol–water partition coefficient (Wildman–Crippen LogP) is -0.0315. The lowest BCUT2D eigenvalue weighted by Gasteiger charge is -2.35. The van der Waals surface area contributed by atoms with Crippen LogP contribution in [0.1, 0.15) is 25.7 Å². The largest absolute Gasteiger partial charge is 0.388 e. The summed E-state index contributed by atoms with van der Waals surface area (Å²) in [5.74, 6) is 0.0100. The van der Waals surface area contributed by atoms with Crippen LogP contribution in [0.3, 0.4) is 0 Å². The van der Waals surface area contributed by atoms with Gasteiger partial charge in [0.25, 0.3) is 0 Å². The normalized spacial score (nSPS) is 27.8. The van der Waals surface area contributed by atoms with Crippen molar-refractivity contribution >= 4 is 10.0 Å². The quantitative estimate of drug-likeness (QED) is 0.770. The number of hydrogen-bond acceptors (Lipinski definition) is 5. The minimum atomic E-state index is -3.37. The third-order valence-corrected chi connectivity index (χ3v) is 5.71. The maximum Gasteiger partial charge on any atom is 0.216 e. The van der Waals surface area contributed by atoms with Crippen molar-refractivity contribution in [2.75, 3.05) is 39.2 Å². The smallest absolute Gasteiger partial charge is 0.216 e. The Morgan fingerprint density at radius 1 is 1.32 bits per heavy atom. The highest BCUT2D eigenvalue weighted by molar-refractivity contribution is 7.89. The monoisotopic (exact) mass is 293 g/mol. The fourth-order valence-corrected chi connectivity index (χ4v) is 3.98. The molecular formula is C12H23NO5S. The fourth-order valence-electron chi connectivity index (χ4n) is 2.56. The number of nitrogens with zero attached hydrogens (tertiary/aromatic N) is 1. The van der Waals surface area contributed by atoms with E-state index in [9.17, 15) is 13.5 Å². The fraction of sp³-hybridized carbons (Fsp3) is 1.00. The summed E-state index contributed by atoms with van der Waals surface area (Å²) in [5, 5.41) is 10.3. The van der Waals surface area contributed by atoms with E-state index in [0.717, 1.165) is 12.8 Å². The zero-order chi connectivity index (χ0) is 13.9. The summed E-state index contributed by atoms with van der Waals surface area (Å²) in [6.45, 7) is 1.74. The molecule has 0 aromatic heterocycles. The van der Waals surface area contributed by atoms with E-state index < -0.39 is 15.6 Å². The van der Waals surface area contributed by atoms with E-state index in [2.05, 4.69) is 0 Å². The van der Waals surface area contributed by atoms with Crippen molar-refractivity contribution in [1.29, 1.82) is 0 Å². The summed E-state index contributed by atoms with van der Waals surface area (Å²) in [6, 6.07) is 0. The molecule has 0 amide bonds. The molecule has 2 rings (SSSR count). The average molecular weight is 293 g/mol. The van der Waals surface area contributed by atoms with Crippen LogP contribution in [0.5, 0.6) is 0 Å². The summed E-state index contributed by atoms with van der Waals surface area (Å²) in [4.78, 5) is 0. The topological polar surface area (TPSA) is 76.1 Å². The van der Waals surface area contributed by atoms with Gasteiger partial charge in [0.15, 0.2) is 0 Å². The van der Waals surface area contributed by atoms with Crippen LogP contribution >= 0.6 is 0 Å². The van der Waals surface area contributed by atoms with Gasteiger partial charge in [-0.05, 0) is 12.8 Å². The second-order valence-electron chi connectivity index (χ2n) is 5.51. The standard InChI is InChI=1S/C12H23NO5S/c1-13(10-12(14)4-7-17-8-5-12)19(15,16)9-11-3-2-6-18-11/h11,14H,2-10H2,1H3. The number of sulfonamides is 1. The van der Waals surface area contributed by atoms with Gasteiger partial charge in [0, 0.05) is 46.3 Å². The molecule has 0 spiro atoms. The minimum Gasteiger partial charge on any atom is -0.388 e. The molecule has 0 aromatic rings. The first-order valence-electron chi connectivity index (χ1n) is 6.77. The summed E-state index contributed by atoms with van der Waals surface area (Å²) in [5.41, 5.74) is -0.962. The summed E-state index contributed by atoms with van der Waals surface area (Å²) in [6.07, 6.45) is 2.48. The van der Waals surface area contributed by atoms with Gasteiger partial charge in [0.1, 0.15) is 0 Å². The lowest BCUT2D eigenvalue weighted by molar-refractivity contribution is -0.0690. The van der Waals surface area contributed by atoms with Gasteiger partial charge in [-0.1, -0.05) is 0 Å². The van der Waals surface area contributed by atoms with Gasteiger partial charge in [0.2, 0.25) is 10.0 Å². The Morgan fingerprint density at radius 3 is 2.58 bits per heavy atom. The van der Waals surface area contributed by atoms with Gasteiger partial charge in [-0.3, -0.25) is 0 Å². The maximum atomic E-state index is 12.2. The molecular weight excluding hydrogens is 270 g/mol. The first kappa shape index (κ1) is 15.2. The third-order valence-electron chi connectivity index (χ3n) is 3.84. The molecule has 2 heterocycles. The van der Waals surface area contributed by atoms with Crippen molar-refractivity contribution in [2.24, 2.45) is 0 Å². The highest BCUT2D eigenvalue weighted by Gasteiger charge is 2.35. The summed E-state index contributed by atoms with van der Waals surface area (Å²) >= 11 is 0. The Kier molecular flexibility index (Phi) is 4.84. The van der Waals surface area contributed by atoms with Crippen molar-refractivity contribution in [3.8, 4) is 0 Å². The van der Waals surface area contributed by atoms with Crippen molar-refractivity contribution < 1.29 is 23.0 Å². The molecule has 0 aliphatic carbocycles. The number of aliphatic hydroxyl groups is 1. The second-order valence-corrected chi connectivity index (χ2v) is 7.63. The molecule has 112 valence electrons. The Balaban J connectivity index is 1.91. The number of rotatable bonds is 5. The van der Waals surface area contributed by atoms with E-state index >= 15 is 0 Å². The van der Waals surface area contributed by atoms with Crippen LogP contribution in [0.15, 0.2) is 0 Å². The van der Waals surface area contributed by atoms with E-state index in [1.54, 1.807) is 0 Å². The Morgan fingerprint density at radius 2 is 2.00 bits per heavy atom. The molecule has 1 N–H and O–H groups in total. The molecule has 2 fully saturated rings. The van der Waals surface area contributed by atoms with Crippen LogP contribution in [0, 0.1) is 0 Å².